The second-order valence-electron chi connectivity index (χ2n) is 8.75. The Morgan fingerprint density at radius 1 is 1.06 bits per heavy atom. The summed E-state index contributed by atoms with van der Waals surface area (Å²) >= 11 is 0. The highest BCUT2D eigenvalue weighted by molar-refractivity contribution is 5.92. The number of carbonyl (C=O) groups excluding carboxylic acids is 1. The topological polar surface area (TPSA) is 65.5 Å². The van der Waals surface area contributed by atoms with Crippen LogP contribution in [0.15, 0.2) is 85.3 Å². The van der Waals surface area contributed by atoms with Crippen molar-refractivity contribution in [2.45, 2.75) is 19.4 Å². The zero-order chi connectivity index (χ0) is 23.3. The molecular weight excluding hydrogens is 426 g/mol. The lowest BCUT2D eigenvalue weighted by Crippen LogP contribution is -3.11. The van der Waals surface area contributed by atoms with E-state index >= 15 is 0 Å². The molecule has 0 radical (unpaired) electrons. The van der Waals surface area contributed by atoms with E-state index in [0.717, 1.165) is 55.4 Å². The Labute approximate surface area is 199 Å². The number of quaternary nitrogens is 1. The number of anilines is 1. The zero-order valence-electron chi connectivity index (χ0n) is 19.4. The third-order valence-electron chi connectivity index (χ3n) is 6.51. The maximum atomic E-state index is 12.8. The number of aromatic nitrogens is 3. The van der Waals surface area contributed by atoms with E-state index in [1.54, 1.807) is 7.11 Å². The number of hydrogen-bond acceptors (Lipinski definition) is 3. The molecule has 0 atom stereocenters. The molecule has 174 valence electrons. The van der Waals surface area contributed by atoms with Gasteiger partial charge in [0.25, 0.3) is 0 Å². The molecule has 0 spiro atoms. The summed E-state index contributed by atoms with van der Waals surface area (Å²) in [6.45, 7) is 2.79. The SMILES string of the molecule is COc1cccc(NC(=O)C2CC[NH+](Cc3cnn(-c4ccccc4)c3-n3cccc3)CC2)c1. The molecule has 1 amide bonds. The lowest BCUT2D eigenvalue weighted by atomic mass is 9.95. The number of rotatable bonds is 7. The summed E-state index contributed by atoms with van der Waals surface area (Å²) in [5, 5.41) is 7.78. The summed E-state index contributed by atoms with van der Waals surface area (Å²) in [5.74, 6) is 1.94. The van der Waals surface area contributed by atoms with Crippen molar-refractivity contribution in [2.75, 3.05) is 25.5 Å². The Morgan fingerprint density at radius 3 is 2.56 bits per heavy atom. The number of amides is 1. The van der Waals surface area contributed by atoms with E-state index < -0.39 is 0 Å². The molecule has 7 heteroatoms. The molecule has 0 saturated carbocycles. The van der Waals surface area contributed by atoms with Crippen molar-refractivity contribution < 1.29 is 14.4 Å². The lowest BCUT2D eigenvalue weighted by Gasteiger charge is -2.28. The molecule has 0 unspecified atom stereocenters. The maximum Gasteiger partial charge on any atom is 0.227 e. The highest BCUT2D eigenvalue weighted by Crippen LogP contribution is 2.21. The first-order valence-corrected chi connectivity index (χ1v) is 11.8. The molecule has 7 nitrogen and oxygen atoms in total. The number of nitrogens with zero attached hydrogens (tertiary/aromatic N) is 3. The van der Waals surface area contributed by atoms with Gasteiger partial charge in [-0.15, -0.1) is 0 Å². The standard InChI is InChI=1S/C27H29N5O2/c1-34-25-11-7-8-23(18-25)29-26(33)21-12-16-30(17-13-21)20-22-19-28-32(24-9-3-2-4-10-24)27(22)31-14-5-6-15-31/h2-11,14-15,18-19,21H,12-13,16-17,20H2,1H3,(H,29,33)/p+1. The number of hydrogen-bond donors (Lipinski definition) is 2. The van der Waals surface area contributed by atoms with Gasteiger partial charge in [0.2, 0.25) is 5.91 Å². The molecule has 0 bridgehead atoms. The van der Waals surface area contributed by atoms with Crippen LogP contribution in [0.1, 0.15) is 18.4 Å². The molecule has 0 aliphatic carbocycles. The van der Waals surface area contributed by atoms with Crippen molar-refractivity contribution in [1.29, 1.82) is 0 Å². The Bertz CT molecular complexity index is 1230. The van der Waals surface area contributed by atoms with Crippen LogP contribution in [0.2, 0.25) is 0 Å². The van der Waals surface area contributed by atoms with E-state index in [2.05, 4.69) is 34.4 Å². The number of methoxy groups -OCH3 is 1. The number of nitrogens with one attached hydrogen (secondary N) is 2. The van der Waals surface area contributed by atoms with Gasteiger partial charge in [0, 0.05) is 42.9 Å². The van der Waals surface area contributed by atoms with Gasteiger partial charge in [-0.3, -0.25) is 4.79 Å². The molecule has 5 rings (SSSR count). The monoisotopic (exact) mass is 456 g/mol. The van der Waals surface area contributed by atoms with Gasteiger partial charge >= 0.3 is 0 Å². The Morgan fingerprint density at radius 2 is 1.82 bits per heavy atom. The first-order chi connectivity index (χ1) is 16.7. The largest absolute Gasteiger partial charge is 0.497 e. The Kier molecular flexibility index (Phi) is 6.44. The van der Waals surface area contributed by atoms with Gasteiger partial charge < -0.3 is 19.5 Å². The van der Waals surface area contributed by atoms with E-state index in [0.29, 0.717) is 0 Å². The predicted octanol–water partition coefficient (Wildman–Crippen LogP) is 3.11. The van der Waals surface area contributed by atoms with Crippen LogP contribution in [-0.2, 0) is 11.3 Å². The van der Waals surface area contributed by atoms with Crippen LogP contribution in [-0.4, -0.2) is 40.5 Å². The maximum absolute atomic E-state index is 12.8. The fourth-order valence-corrected chi connectivity index (χ4v) is 4.69. The smallest absolute Gasteiger partial charge is 0.227 e. The van der Waals surface area contributed by atoms with Crippen LogP contribution >= 0.6 is 0 Å². The molecule has 34 heavy (non-hydrogen) atoms. The van der Waals surface area contributed by atoms with Crippen molar-refractivity contribution in [1.82, 2.24) is 14.3 Å². The van der Waals surface area contributed by atoms with Crippen LogP contribution in [0, 0.1) is 5.92 Å². The van der Waals surface area contributed by atoms with Gasteiger partial charge in [0.05, 0.1) is 37.6 Å². The summed E-state index contributed by atoms with van der Waals surface area (Å²) < 4.78 is 9.39. The van der Waals surface area contributed by atoms with E-state index in [9.17, 15) is 4.79 Å². The van der Waals surface area contributed by atoms with Crippen LogP contribution in [0.3, 0.4) is 0 Å². The number of para-hydroxylation sites is 1. The Hall–Kier alpha value is -3.84. The number of carbonyl (C=O) groups is 1. The third kappa shape index (κ3) is 4.75. The van der Waals surface area contributed by atoms with Crippen molar-refractivity contribution in [2.24, 2.45) is 5.92 Å². The number of piperidine rings is 1. The number of benzene rings is 2. The van der Waals surface area contributed by atoms with Gasteiger partial charge in [-0.05, 0) is 36.4 Å². The van der Waals surface area contributed by atoms with E-state index in [1.807, 2.05) is 65.5 Å². The molecule has 2 aromatic heterocycles. The molecule has 1 aliphatic rings. The van der Waals surface area contributed by atoms with Gasteiger partial charge in [-0.2, -0.15) is 5.10 Å². The fraction of sp³-hybridized carbons (Fsp3) is 0.259. The molecular formula is C27H30N5O2+. The van der Waals surface area contributed by atoms with E-state index in [-0.39, 0.29) is 11.8 Å². The number of ether oxygens (including phenoxy) is 1. The van der Waals surface area contributed by atoms with Crippen molar-refractivity contribution in [3.8, 4) is 17.3 Å². The van der Waals surface area contributed by atoms with Gasteiger partial charge in [-0.1, -0.05) is 24.3 Å². The first-order valence-electron chi connectivity index (χ1n) is 11.8. The van der Waals surface area contributed by atoms with Gasteiger partial charge in [0.15, 0.2) is 0 Å². The van der Waals surface area contributed by atoms with E-state index in [4.69, 9.17) is 9.84 Å². The molecule has 2 N–H and O–H groups in total. The van der Waals surface area contributed by atoms with E-state index in [1.165, 1.54) is 10.5 Å². The van der Waals surface area contributed by atoms with Crippen molar-refractivity contribution in [3.63, 3.8) is 0 Å². The minimum Gasteiger partial charge on any atom is -0.497 e. The van der Waals surface area contributed by atoms with Crippen LogP contribution < -0.4 is 15.0 Å². The molecule has 3 heterocycles. The summed E-state index contributed by atoms with van der Waals surface area (Å²) in [5.41, 5.74) is 3.03. The van der Waals surface area contributed by atoms with Crippen LogP contribution in [0.4, 0.5) is 5.69 Å². The number of likely N-dealkylation sites (tertiary alicyclic amines) is 1. The van der Waals surface area contributed by atoms with Crippen LogP contribution in [0.5, 0.6) is 5.75 Å². The van der Waals surface area contributed by atoms with Gasteiger partial charge in [0.1, 0.15) is 18.1 Å². The lowest BCUT2D eigenvalue weighted by molar-refractivity contribution is -0.919. The Balaban J connectivity index is 1.25. The second kappa shape index (κ2) is 9.97. The highest BCUT2D eigenvalue weighted by Gasteiger charge is 2.29. The normalized spacial score (nSPS) is 17.9. The average molecular weight is 457 g/mol. The highest BCUT2D eigenvalue weighted by atomic mass is 16.5. The molecule has 2 aromatic carbocycles. The summed E-state index contributed by atoms with van der Waals surface area (Å²) in [4.78, 5) is 14.3. The average Bonchev–Trinajstić information content (AvgIpc) is 3.55. The first kappa shape index (κ1) is 22.0. The zero-order valence-corrected chi connectivity index (χ0v) is 19.4. The summed E-state index contributed by atoms with van der Waals surface area (Å²) in [6.07, 6.45) is 7.85. The quantitative estimate of drug-likeness (QED) is 0.449. The molecule has 1 saturated heterocycles. The minimum atomic E-state index is 0.0333. The third-order valence-corrected chi connectivity index (χ3v) is 6.51. The van der Waals surface area contributed by atoms with Crippen molar-refractivity contribution in [3.05, 3.63) is 90.9 Å². The minimum absolute atomic E-state index is 0.0333. The van der Waals surface area contributed by atoms with Crippen LogP contribution in [0.25, 0.3) is 11.5 Å². The fourth-order valence-electron chi connectivity index (χ4n) is 4.69. The molecule has 1 aliphatic heterocycles. The second-order valence-corrected chi connectivity index (χ2v) is 8.75. The molecule has 4 aromatic rings. The summed E-state index contributed by atoms with van der Waals surface area (Å²) in [6, 6.07) is 21.8. The van der Waals surface area contributed by atoms with Crippen molar-refractivity contribution >= 4 is 11.6 Å². The molecule has 1 fully saturated rings. The predicted molar refractivity (Wildman–Crippen MR) is 132 cm³/mol. The summed E-state index contributed by atoms with van der Waals surface area (Å²) in [7, 11) is 1.63. The van der Waals surface area contributed by atoms with Gasteiger partial charge in [-0.25, -0.2) is 4.68 Å².